The molecule has 1 heterocycles. The van der Waals surface area contributed by atoms with E-state index in [0.717, 1.165) is 0 Å². The molecule has 7 heteroatoms. The van der Waals surface area contributed by atoms with E-state index in [9.17, 15) is 20.1 Å². The molecule has 0 saturated heterocycles. The fourth-order valence-electron chi connectivity index (χ4n) is 2.52. The summed E-state index contributed by atoms with van der Waals surface area (Å²) in [4.78, 5) is 13.8. The van der Waals surface area contributed by atoms with Crippen molar-refractivity contribution >= 4 is 17.3 Å². The number of phenols is 3. The summed E-state index contributed by atoms with van der Waals surface area (Å²) in [6, 6.07) is 9.06. The van der Waals surface area contributed by atoms with Crippen LogP contribution in [0, 0.1) is 0 Å². The average Bonchev–Trinajstić information content (AvgIpc) is 2.80. The zero-order chi connectivity index (χ0) is 16.6. The highest BCUT2D eigenvalue weighted by Gasteiger charge is 2.31. The van der Waals surface area contributed by atoms with Crippen molar-refractivity contribution in [3.63, 3.8) is 0 Å². The van der Waals surface area contributed by atoms with Crippen molar-refractivity contribution in [2.75, 3.05) is 16.8 Å². The van der Waals surface area contributed by atoms with Gasteiger partial charge < -0.3 is 30.3 Å². The first-order chi connectivity index (χ1) is 11.0. The molecule has 0 fully saturated rings. The Morgan fingerprint density at radius 2 is 1.74 bits per heavy atom. The molecule has 120 valence electrons. The molecule has 1 aliphatic rings. The molecule has 1 amide bonds. The van der Waals surface area contributed by atoms with E-state index in [0.29, 0.717) is 11.4 Å². The third kappa shape index (κ3) is 2.68. The van der Waals surface area contributed by atoms with Gasteiger partial charge >= 0.3 is 0 Å². The van der Waals surface area contributed by atoms with Crippen molar-refractivity contribution in [2.24, 2.45) is 0 Å². The first-order valence-electron chi connectivity index (χ1n) is 7.03. The summed E-state index contributed by atoms with van der Waals surface area (Å²) in [6.45, 7) is 1.64. The summed E-state index contributed by atoms with van der Waals surface area (Å²) in [7, 11) is 0. The summed E-state index contributed by atoms with van der Waals surface area (Å²) in [6.07, 6.45) is -0.429. The normalized spacial score (nSPS) is 15.9. The molecular weight excluding hydrogens is 300 g/mol. The second-order valence-electron chi connectivity index (χ2n) is 5.19. The number of hydrogen-bond donors (Lipinski definition) is 4. The number of aromatic hydroxyl groups is 3. The Balaban J connectivity index is 1.79. The highest BCUT2D eigenvalue weighted by atomic mass is 16.5. The minimum absolute atomic E-state index is 0.0186. The topological polar surface area (TPSA) is 102 Å². The van der Waals surface area contributed by atoms with Gasteiger partial charge in [-0.05, 0) is 31.2 Å². The molecule has 1 aliphatic heterocycles. The van der Waals surface area contributed by atoms with Gasteiger partial charge in [0.15, 0.2) is 6.23 Å². The number of nitrogens with one attached hydrogen (secondary N) is 1. The number of amides is 1. The van der Waals surface area contributed by atoms with Gasteiger partial charge in [-0.25, -0.2) is 0 Å². The molecule has 0 bridgehead atoms. The Morgan fingerprint density at radius 1 is 1.13 bits per heavy atom. The van der Waals surface area contributed by atoms with Crippen molar-refractivity contribution in [2.45, 2.75) is 13.2 Å². The lowest BCUT2D eigenvalue weighted by molar-refractivity contribution is -0.115. The second kappa shape index (κ2) is 5.60. The predicted molar refractivity (Wildman–Crippen MR) is 83.9 cm³/mol. The van der Waals surface area contributed by atoms with Gasteiger partial charge in [0.1, 0.15) is 40.9 Å². The maximum atomic E-state index is 12.2. The summed E-state index contributed by atoms with van der Waals surface area (Å²) in [5, 5.41) is 31.8. The van der Waals surface area contributed by atoms with Crippen molar-refractivity contribution in [3.05, 3.63) is 36.4 Å². The second-order valence-corrected chi connectivity index (χ2v) is 5.19. The van der Waals surface area contributed by atoms with E-state index in [1.165, 1.54) is 24.3 Å². The van der Waals surface area contributed by atoms with E-state index in [-0.39, 0.29) is 29.5 Å². The van der Waals surface area contributed by atoms with Gasteiger partial charge in [-0.15, -0.1) is 0 Å². The highest BCUT2D eigenvalue weighted by molar-refractivity contribution is 5.97. The zero-order valence-electron chi connectivity index (χ0n) is 12.4. The molecule has 0 aromatic heterocycles. The first kappa shape index (κ1) is 14.8. The maximum absolute atomic E-state index is 12.2. The van der Waals surface area contributed by atoms with Gasteiger partial charge in [0.25, 0.3) is 0 Å². The van der Waals surface area contributed by atoms with Gasteiger partial charge in [-0.2, -0.15) is 0 Å². The number of nitrogens with zero attached hydrogens (tertiary/aromatic N) is 1. The van der Waals surface area contributed by atoms with Gasteiger partial charge in [-0.3, -0.25) is 4.79 Å². The minimum Gasteiger partial charge on any atom is -0.506 e. The fraction of sp³-hybridized carbons (Fsp3) is 0.188. The van der Waals surface area contributed by atoms with E-state index >= 15 is 0 Å². The van der Waals surface area contributed by atoms with Crippen LogP contribution in [-0.2, 0) is 4.79 Å². The van der Waals surface area contributed by atoms with Crippen LogP contribution < -0.4 is 15.0 Å². The average molecular weight is 316 g/mol. The van der Waals surface area contributed by atoms with Crippen molar-refractivity contribution in [1.82, 2.24) is 0 Å². The van der Waals surface area contributed by atoms with E-state index < -0.39 is 12.1 Å². The summed E-state index contributed by atoms with van der Waals surface area (Å²) < 4.78 is 5.59. The van der Waals surface area contributed by atoms with E-state index in [2.05, 4.69) is 5.32 Å². The quantitative estimate of drug-likeness (QED) is 0.646. The van der Waals surface area contributed by atoms with E-state index in [1.54, 1.807) is 24.0 Å². The summed E-state index contributed by atoms with van der Waals surface area (Å²) >= 11 is 0. The van der Waals surface area contributed by atoms with Crippen LogP contribution in [0.4, 0.5) is 11.4 Å². The maximum Gasteiger partial charge on any atom is 0.244 e. The van der Waals surface area contributed by atoms with Crippen LogP contribution >= 0.6 is 0 Å². The van der Waals surface area contributed by atoms with Gasteiger partial charge in [0, 0.05) is 0 Å². The number of carbonyl (C=O) groups excluding carboxylic acids is 1. The number of hydrogen-bond acceptors (Lipinski definition) is 6. The largest absolute Gasteiger partial charge is 0.506 e. The number of benzene rings is 2. The number of anilines is 2. The molecule has 1 unspecified atom stereocenters. The Morgan fingerprint density at radius 3 is 2.43 bits per heavy atom. The summed E-state index contributed by atoms with van der Waals surface area (Å²) in [5.41, 5.74) is 0.388. The van der Waals surface area contributed by atoms with Crippen molar-refractivity contribution in [3.8, 4) is 23.0 Å². The molecular formula is C16H16N2O5. The van der Waals surface area contributed by atoms with Crippen LogP contribution in [0.3, 0.4) is 0 Å². The Kier molecular flexibility index (Phi) is 3.61. The number of fused-ring (bicyclic) bond motifs is 1. The number of phenolic OH excluding ortho intramolecular Hbond substituents is 3. The molecule has 2 aromatic rings. The Hall–Kier alpha value is -3.09. The van der Waals surface area contributed by atoms with Crippen molar-refractivity contribution in [1.29, 1.82) is 0 Å². The minimum atomic E-state index is -0.464. The van der Waals surface area contributed by atoms with Crippen LogP contribution in [0.2, 0.25) is 0 Å². The standard InChI is InChI=1S/C16H16N2O5/c1-9-18(16-12(21)6-3-7-13(16)23-9)8-14(22)17-15-10(19)4-2-5-11(15)20/h2-7,9,19-21H,8H2,1H3,(H,17,22). The molecule has 7 nitrogen and oxygen atoms in total. The fourth-order valence-corrected chi connectivity index (χ4v) is 2.52. The van der Waals surface area contributed by atoms with Crippen LogP contribution in [0.1, 0.15) is 6.92 Å². The molecule has 0 saturated carbocycles. The SMILES string of the molecule is CC1Oc2cccc(O)c2N1CC(=O)Nc1c(O)cccc1O. The molecule has 0 spiro atoms. The number of carbonyl (C=O) groups is 1. The third-order valence-corrected chi connectivity index (χ3v) is 3.60. The van der Waals surface area contributed by atoms with Crippen LogP contribution in [-0.4, -0.2) is 34.0 Å². The molecule has 0 radical (unpaired) electrons. The summed E-state index contributed by atoms with van der Waals surface area (Å²) in [5.74, 6) is -0.409. The number of ether oxygens (including phenoxy) is 1. The molecule has 23 heavy (non-hydrogen) atoms. The first-order valence-corrected chi connectivity index (χ1v) is 7.03. The van der Waals surface area contributed by atoms with Crippen LogP contribution in [0.15, 0.2) is 36.4 Å². The van der Waals surface area contributed by atoms with Gasteiger partial charge in [-0.1, -0.05) is 12.1 Å². The third-order valence-electron chi connectivity index (χ3n) is 3.60. The number of rotatable bonds is 3. The van der Waals surface area contributed by atoms with Gasteiger partial charge in [0.2, 0.25) is 5.91 Å². The smallest absolute Gasteiger partial charge is 0.244 e. The molecule has 1 atom stereocenters. The lowest BCUT2D eigenvalue weighted by Gasteiger charge is -2.22. The molecule has 4 N–H and O–H groups in total. The molecule has 3 rings (SSSR count). The predicted octanol–water partition coefficient (Wildman–Crippen LogP) is 1.99. The van der Waals surface area contributed by atoms with Crippen LogP contribution in [0.25, 0.3) is 0 Å². The lowest BCUT2D eigenvalue weighted by atomic mass is 10.2. The molecule has 2 aromatic carbocycles. The van der Waals surface area contributed by atoms with E-state index in [1.807, 2.05) is 0 Å². The van der Waals surface area contributed by atoms with Crippen molar-refractivity contribution < 1.29 is 24.9 Å². The zero-order valence-corrected chi connectivity index (χ0v) is 12.4. The lowest BCUT2D eigenvalue weighted by Crippen LogP contribution is -2.38. The molecule has 0 aliphatic carbocycles. The Labute approximate surface area is 132 Å². The monoisotopic (exact) mass is 316 g/mol. The van der Waals surface area contributed by atoms with Crippen LogP contribution in [0.5, 0.6) is 23.0 Å². The van der Waals surface area contributed by atoms with E-state index in [4.69, 9.17) is 4.74 Å². The number of para-hydroxylation sites is 2. The van der Waals surface area contributed by atoms with Gasteiger partial charge in [0.05, 0.1) is 0 Å². The Bertz CT molecular complexity index is 742. The highest BCUT2D eigenvalue weighted by Crippen LogP contribution is 2.43.